The zero-order chi connectivity index (χ0) is 23.6. The number of aryl methyl sites for hydroxylation is 3. The molecule has 8 nitrogen and oxygen atoms in total. The summed E-state index contributed by atoms with van der Waals surface area (Å²) in [6.07, 6.45) is 1.28. The number of nitrogens with one attached hydrogen (secondary N) is 2. The molecule has 0 aliphatic rings. The van der Waals surface area contributed by atoms with Crippen molar-refractivity contribution >= 4 is 15.9 Å². The van der Waals surface area contributed by atoms with Gasteiger partial charge >= 0.3 is 0 Å². The molecule has 2 aromatic carbocycles. The number of aromatic amines is 1. The third kappa shape index (κ3) is 4.93. The molecule has 0 spiro atoms. The second kappa shape index (κ2) is 8.87. The number of nitrogens with zero attached hydrogens (tertiary/aromatic N) is 2. The van der Waals surface area contributed by atoms with Gasteiger partial charge in [-0.2, -0.15) is 13.5 Å². The molecule has 0 aliphatic carbocycles. The van der Waals surface area contributed by atoms with E-state index in [0.29, 0.717) is 11.4 Å². The van der Waals surface area contributed by atoms with Gasteiger partial charge in [-0.3, -0.25) is 9.89 Å². The average molecular weight is 465 g/mol. The lowest BCUT2D eigenvalue weighted by atomic mass is 10.1. The largest absolute Gasteiger partial charge is 0.438 e. The fourth-order valence-electron chi connectivity index (χ4n) is 3.22. The lowest BCUT2D eigenvalue weighted by molar-refractivity contribution is 0.0978. The molecule has 0 bridgehead atoms. The van der Waals surface area contributed by atoms with Gasteiger partial charge in [0.25, 0.3) is 15.9 Å². The molecule has 9 heteroatoms. The number of aromatic nitrogens is 3. The summed E-state index contributed by atoms with van der Waals surface area (Å²) in [5, 5.41) is 5.73. The van der Waals surface area contributed by atoms with Gasteiger partial charge in [0.2, 0.25) is 5.88 Å². The van der Waals surface area contributed by atoms with Crippen LogP contribution in [0.25, 0.3) is 11.3 Å². The SMILES string of the molecule is Cc1ccc(-c2ccc(C(=O)NS(=O)(=O)c3ccn[nH]3)c(Oc3ccc(C)cc3C)n2)cc1.[HH]. The van der Waals surface area contributed by atoms with E-state index in [2.05, 4.69) is 15.2 Å². The maximum atomic E-state index is 13.0. The third-order valence-corrected chi connectivity index (χ3v) is 6.24. The Morgan fingerprint density at radius 3 is 2.36 bits per heavy atom. The van der Waals surface area contributed by atoms with Crippen LogP contribution in [-0.2, 0) is 10.0 Å². The molecule has 0 atom stereocenters. The smallest absolute Gasteiger partial charge is 0.281 e. The topological polar surface area (TPSA) is 114 Å². The molecule has 2 N–H and O–H groups in total. The fourth-order valence-corrected chi connectivity index (χ4v) is 4.10. The first-order valence-corrected chi connectivity index (χ1v) is 11.6. The number of rotatable bonds is 6. The Morgan fingerprint density at radius 1 is 0.970 bits per heavy atom. The van der Waals surface area contributed by atoms with Gasteiger partial charge in [-0.25, -0.2) is 9.71 Å². The number of H-pyrrole nitrogens is 1. The third-order valence-electron chi connectivity index (χ3n) is 4.98. The van der Waals surface area contributed by atoms with Crippen LogP contribution < -0.4 is 9.46 Å². The summed E-state index contributed by atoms with van der Waals surface area (Å²) in [7, 11) is -4.14. The van der Waals surface area contributed by atoms with E-state index in [-0.39, 0.29) is 17.9 Å². The summed E-state index contributed by atoms with van der Waals surface area (Å²) in [6, 6.07) is 17.8. The van der Waals surface area contributed by atoms with Crippen LogP contribution in [0.15, 0.2) is 71.9 Å². The van der Waals surface area contributed by atoms with Gasteiger partial charge in [-0.05, 0) is 50.6 Å². The van der Waals surface area contributed by atoms with Crippen LogP contribution in [0.3, 0.4) is 0 Å². The maximum absolute atomic E-state index is 13.0. The fraction of sp³-hybridized carbons (Fsp3) is 0.125. The van der Waals surface area contributed by atoms with Crippen LogP contribution in [0.4, 0.5) is 0 Å². The van der Waals surface area contributed by atoms with Crippen LogP contribution in [0.1, 0.15) is 28.5 Å². The molecule has 0 aliphatic heterocycles. The highest BCUT2D eigenvalue weighted by atomic mass is 32.2. The predicted octanol–water partition coefficient (Wildman–Crippen LogP) is 4.55. The Balaban J connectivity index is 0.00000324. The van der Waals surface area contributed by atoms with Crippen molar-refractivity contribution in [2.24, 2.45) is 0 Å². The Kier molecular flexibility index (Phi) is 5.97. The van der Waals surface area contributed by atoms with E-state index in [0.717, 1.165) is 22.3 Å². The number of pyridine rings is 1. The summed E-state index contributed by atoms with van der Waals surface area (Å²) >= 11 is 0. The highest BCUT2D eigenvalue weighted by Crippen LogP contribution is 2.30. The Labute approximate surface area is 193 Å². The Hall–Kier alpha value is -3.98. The second-order valence-electron chi connectivity index (χ2n) is 7.64. The molecule has 2 heterocycles. The number of amides is 1. The molecule has 4 aromatic rings. The Morgan fingerprint density at radius 2 is 1.70 bits per heavy atom. The standard InChI is InChI=1S/C24H22N4O4S.H2/c1-15-4-7-18(8-5-15)20-10-9-19(23(29)28-33(30,31)22-12-13-25-27-22)24(26-20)32-21-11-6-16(2)14-17(21)3;/h4-14H,1-3H3,(H,25,27)(H,28,29);1H. The van der Waals surface area contributed by atoms with Crippen molar-refractivity contribution in [1.82, 2.24) is 19.9 Å². The van der Waals surface area contributed by atoms with Crippen LogP contribution >= 0.6 is 0 Å². The summed E-state index contributed by atoms with van der Waals surface area (Å²) in [5.74, 6) is -0.357. The maximum Gasteiger partial charge on any atom is 0.281 e. The second-order valence-corrected chi connectivity index (χ2v) is 9.29. The van der Waals surface area contributed by atoms with E-state index in [9.17, 15) is 13.2 Å². The molecule has 4 rings (SSSR count). The van der Waals surface area contributed by atoms with Gasteiger partial charge in [-0.15, -0.1) is 0 Å². The molecule has 1 amide bonds. The summed E-state index contributed by atoms with van der Waals surface area (Å²) in [5.41, 5.74) is 4.42. The van der Waals surface area contributed by atoms with E-state index < -0.39 is 15.9 Å². The van der Waals surface area contributed by atoms with Crippen molar-refractivity contribution in [1.29, 1.82) is 0 Å². The number of sulfonamides is 1. The van der Waals surface area contributed by atoms with Gasteiger partial charge in [0.1, 0.15) is 11.3 Å². The van der Waals surface area contributed by atoms with E-state index in [1.807, 2.05) is 61.9 Å². The molecular weight excluding hydrogens is 440 g/mol. The van der Waals surface area contributed by atoms with Crippen molar-refractivity contribution < 1.29 is 19.4 Å². The van der Waals surface area contributed by atoms with Crippen molar-refractivity contribution in [2.45, 2.75) is 25.8 Å². The molecule has 0 saturated carbocycles. The molecule has 2 aromatic heterocycles. The van der Waals surface area contributed by atoms with Crippen molar-refractivity contribution in [3.05, 3.63) is 89.1 Å². The molecule has 0 unspecified atom stereocenters. The molecule has 0 fully saturated rings. The highest BCUT2D eigenvalue weighted by molar-refractivity contribution is 7.90. The minimum Gasteiger partial charge on any atom is -0.438 e. The van der Waals surface area contributed by atoms with Crippen molar-refractivity contribution in [3.63, 3.8) is 0 Å². The zero-order valence-electron chi connectivity index (χ0n) is 18.3. The molecule has 33 heavy (non-hydrogen) atoms. The number of hydrogen-bond donors (Lipinski definition) is 2. The Bertz CT molecular complexity index is 1420. The number of ether oxygens (including phenoxy) is 1. The summed E-state index contributed by atoms with van der Waals surface area (Å²) in [4.78, 5) is 17.5. The van der Waals surface area contributed by atoms with Gasteiger partial charge < -0.3 is 4.74 Å². The number of carbonyl (C=O) groups excluding carboxylic acids is 1. The van der Waals surface area contributed by atoms with E-state index in [4.69, 9.17) is 4.74 Å². The monoisotopic (exact) mass is 464 g/mol. The predicted molar refractivity (Wildman–Crippen MR) is 126 cm³/mol. The minimum absolute atomic E-state index is 0. The zero-order valence-corrected chi connectivity index (χ0v) is 19.1. The van der Waals surface area contributed by atoms with E-state index in [1.165, 1.54) is 18.3 Å². The first-order chi connectivity index (χ1) is 15.7. The first-order valence-electron chi connectivity index (χ1n) is 10.1. The van der Waals surface area contributed by atoms with Crippen LogP contribution in [0.5, 0.6) is 11.6 Å². The van der Waals surface area contributed by atoms with Gasteiger partial charge in [0, 0.05) is 6.99 Å². The quantitative estimate of drug-likeness (QED) is 0.433. The average Bonchev–Trinajstić information content (AvgIpc) is 3.32. The van der Waals surface area contributed by atoms with E-state index >= 15 is 0 Å². The molecular formula is C24H24N4O4S. The lowest BCUT2D eigenvalue weighted by Crippen LogP contribution is -2.31. The van der Waals surface area contributed by atoms with Crippen LogP contribution in [0, 0.1) is 20.8 Å². The first kappa shape index (κ1) is 22.2. The van der Waals surface area contributed by atoms with Gasteiger partial charge in [0.15, 0.2) is 5.03 Å². The summed E-state index contributed by atoms with van der Waals surface area (Å²) in [6.45, 7) is 5.83. The number of benzene rings is 2. The van der Waals surface area contributed by atoms with Crippen LogP contribution in [0.2, 0.25) is 0 Å². The normalized spacial score (nSPS) is 11.2. The van der Waals surface area contributed by atoms with Crippen molar-refractivity contribution in [2.75, 3.05) is 0 Å². The number of hydrogen-bond acceptors (Lipinski definition) is 6. The molecule has 170 valence electrons. The number of carbonyl (C=O) groups is 1. The summed E-state index contributed by atoms with van der Waals surface area (Å²) < 4.78 is 33.0. The van der Waals surface area contributed by atoms with Gasteiger partial charge in [-0.1, -0.05) is 47.5 Å². The molecule has 0 saturated heterocycles. The molecule has 0 radical (unpaired) electrons. The highest BCUT2D eigenvalue weighted by Gasteiger charge is 2.24. The lowest BCUT2D eigenvalue weighted by Gasteiger charge is -2.14. The van der Waals surface area contributed by atoms with E-state index in [1.54, 1.807) is 12.1 Å². The van der Waals surface area contributed by atoms with Gasteiger partial charge in [0.05, 0.1) is 11.9 Å². The minimum atomic E-state index is -4.14. The van der Waals surface area contributed by atoms with Crippen LogP contribution in [-0.4, -0.2) is 29.5 Å². The van der Waals surface area contributed by atoms with Crippen molar-refractivity contribution in [3.8, 4) is 22.9 Å².